The molecule has 1 unspecified atom stereocenters. The first-order valence-electron chi connectivity index (χ1n) is 4.79. The molecule has 0 bridgehead atoms. The van der Waals surface area contributed by atoms with Gasteiger partial charge in [-0.3, -0.25) is 4.79 Å². The Morgan fingerprint density at radius 2 is 2.00 bits per heavy atom. The van der Waals surface area contributed by atoms with Crippen LogP contribution < -0.4 is 5.73 Å². The summed E-state index contributed by atoms with van der Waals surface area (Å²) >= 11 is 1.12. The number of nitrogens with zero attached hydrogens (tertiary/aromatic N) is 3. The summed E-state index contributed by atoms with van der Waals surface area (Å²) in [5, 5.41) is 8.03. The molecule has 1 atom stereocenters. The van der Waals surface area contributed by atoms with Gasteiger partial charge in [0, 0.05) is 13.1 Å². The Labute approximate surface area is 93.3 Å². The normalized spacial score (nSPS) is 12.9. The maximum atomic E-state index is 11.9. The first kappa shape index (κ1) is 11.9. The van der Waals surface area contributed by atoms with Crippen molar-refractivity contribution < 1.29 is 4.79 Å². The molecule has 0 aromatic carbocycles. The summed E-state index contributed by atoms with van der Waals surface area (Å²) in [6.07, 6.45) is 0. The van der Waals surface area contributed by atoms with Crippen molar-refractivity contribution in [2.75, 3.05) is 12.8 Å². The van der Waals surface area contributed by atoms with Gasteiger partial charge in [0.15, 0.2) is 0 Å². The molecular weight excluding hydrogens is 212 g/mol. The Morgan fingerprint density at radius 1 is 1.40 bits per heavy atom. The molecule has 0 aliphatic heterocycles. The zero-order valence-corrected chi connectivity index (χ0v) is 10.2. The van der Waals surface area contributed by atoms with Crippen LogP contribution in [0.5, 0.6) is 0 Å². The Morgan fingerprint density at radius 3 is 2.40 bits per heavy atom. The maximum absolute atomic E-state index is 11.9. The highest BCUT2D eigenvalue weighted by molar-refractivity contribution is 7.16. The van der Waals surface area contributed by atoms with Gasteiger partial charge in [0.25, 0.3) is 5.91 Å². The predicted octanol–water partition coefficient (Wildman–Crippen LogP) is 1.24. The fourth-order valence-corrected chi connectivity index (χ4v) is 1.70. The summed E-state index contributed by atoms with van der Waals surface area (Å²) in [6, 6.07) is 0.169. The van der Waals surface area contributed by atoms with Crippen molar-refractivity contribution in [1.82, 2.24) is 15.1 Å². The van der Waals surface area contributed by atoms with Gasteiger partial charge in [-0.25, -0.2) is 0 Å². The molecule has 84 valence electrons. The highest BCUT2D eigenvalue weighted by Crippen LogP contribution is 2.16. The van der Waals surface area contributed by atoms with Crippen molar-refractivity contribution in [3.63, 3.8) is 0 Å². The molecule has 1 amide bonds. The molecule has 2 N–H and O–H groups in total. The molecule has 0 saturated heterocycles. The van der Waals surface area contributed by atoms with Crippen LogP contribution in [0.1, 0.15) is 30.6 Å². The molecule has 1 aromatic rings. The third kappa shape index (κ3) is 2.65. The summed E-state index contributed by atoms with van der Waals surface area (Å²) in [7, 11) is 1.77. The number of amides is 1. The van der Waals surface area contributed by atoms with Gasteiger partial charge in [0.1, 0.15) is 0 Å². The Hall–Kier alpha value is -1.17. The summed E-state index contributed by atoms with van der Waals surface area (Å²) < 4.78 is 0. The SMILES string of the molecule is CC(C)C(C)N(C)C(=O)c1nnc(N)s1. The molecule has 0 saturated carbocycles. The average Bonchev–Trinajstić information content (AvgIpc) is 2.61. The van der Waals surface area contributed by atoms with Gasteiger partial charge in [0.05, 0.1) is 0 Å². The van der Waals surface area contributed by atoms with Gasteiger partial charge in [0.2, 0.25) is 10.1 Å². The fraction of sp³-hybridized carbons (Fsp3) is 0.667. The fourth-order valence-electron chi connectivity index (χ4n) is 1.10. The highest BCUT2D eigenvalue weighted by atomic mass is 32.1. The molecule has 15 heavy (non-hydrogen) atoms. The Kier molecular flexibility index (Phi) is 3.62. The standard InChI is InChI=1S/C9H16N4OS/c1-5(2)6(3)13(4)8(14)7-11-12-9(10)15-7/h5-6H,1-4H3,(H2,10,12). The van der Waals surface area contributed by atoms with Gasteiger partial charge < -0.3 is 10.6 Å². The second-order valence-corrected chi connectivity index (χ2v) is 4.86. The third-order valence-corrected chi connectivity index (χ3v) is 3.26. The number of carbonyl (C=O) groups excluding carboxylic acids is 1. The molecule has 1 aromatic heterocycles. The molecule has 6 heteroatoms. The largest absolute Gasteiger partial charge is 0.374 e. The van der Waals surface area contributed by atoms with Gasteiger partial charge in [-0.2, -0.15) is 0 Å². The topological polar surface area (TPSA) is 72.1 Å². The van der Waals surface area contributed by atoms with Crippen molar-refractivity contribution in [3.8, 4) is 0 Å². The molecule has 0 radical (unpaired) electrons. The van der Waals surface area contributed by atoms with E-state index < -0.39 is 0 Å². The summed E-state index contributed by atoms with van der Waals surface area (Å²) in [5.41, 5.74) is 5.43. The van der Waals surface area contributed by atoms with Crippen LogP contribution in [0.25, 0.3) is 0 Å². The summed E-state index contributed by atoms with van der Waals surface area (Å²) in [6.45, 7) is 6.15. The first-order chi connectivity index (χ1) is 6.93. The van der Waals surface area contributed by atoms with E-state index in [-0.39, 0.29) is 11.9 Å². The van der Waals surface area contributed by atoms with E-state index in [1.54, 1.807) is 11.9 Å². The first-order valence-corrected chi connectivity index (χ1v) is 5.61. The molecular formula is C9H16N4OS. The predicted molar refractivity (Wildman–Crippen MR) is 60.7 cm³/mol. The van der Waals surface area contributed by atoms with Crippen LogP contribution in [0.3, 0.4) is 0 Å². The molecule has 1 rings (SSSR count). The van der Waals surface area contributed by atoms with E-state index in [0.29, 0.717) is 16.1 Å². The molecule has 0 spiro atoms. The molecule has 0 aliphatic rings. The number of nitrogen functional groups attached to an aromatic ring is 1. The summed E-state index contributed by atoms with van der Waals surface area (Å²) in [4.78, 5) is 13.6. The number of anilines is 1. The van der Waals surface area contributed by atoms with Crippen molar-refractivity contribution >= 4 is 22.4 Å². The average molecular weight is 228 g/mol. The van der Waals surface area contributed by atoms with E-state index >= 15 is 0 Å². The zero-order chi connectivity index (χ0) is 11.6. The highest BCUT2D eigenvalue weighted by Gasteiger charge is 2.22. The number of hydrogen-bond donors (Lipinski definition) is 1. The van der Waals surface area contributed by atoms with E-state index in [1.807, 2.05) is 6.92 Å². The van der Waals surface area contributed by atoms with E-state index in [0.717, 1.165) is 11.3 Å². The Bertz CT molecular complexity index is 350. The molecule has 0 aliphatic carbocycles. The second-order valence-electron chi connectivity index (χ2n) is 3.85. The lowest BCUT2D eigenvalue weighted by molar-refractivity contribution is 0.0706. The van der Waals surface area contributed by atoms with Crippen LogP contribution in [-0.2, 0) is 0 Å². The smallest absolute Gasteiger partial charge is 0.284 e. The minimum absolute atomic E-state index is 0.120. The Balaban J connectivity index is 2.77. The van der Waals surface area contributed by atoms with Crippen LogP contribution in [-0.4, -0.2) is 34.1 Å². The lowest BCUT2D eigenvalue weighted by Crippen LogP contribution is -2.38. The lowest BCUT2D eigenvalue weighted by Gasteiger charge is -2.26. The van der Waals surface area contributed by atoms with Crippen molar-refractivity contribution in [2.24, 2.45) is 5.92 Å². The third-order valence-electron chi connectivity index (χ3n) is 2.52. The quantitative estimate of drug-likeness (QED) is 0.844. The molecule has 5 nitrogen and oxygen atoms in total. The van der Waals surface area contributed by atoms with E-state index in [4.69, 9.17) is 5.73 Å². The van der Waals surface area contributed by atoms with Crippen LogP contribution >= 0.6 is 11.3 Å². The number of aromatic nitrogens is 2. The van der Waals surface area contributed by atoms with Crippen molar-refractivity contribution in [3.05, 3.63) is 5.01 Å². The molecule has 0 fully saturated rings. The number of nitrogens with two attached hydrogens (primary N) is 1. The van der Waals surface area contributed by atoms with Crippen LogP contribution in [0, 0.1) is 5.92 Å². The summed E-state index contributed by atoms with van der Waals surface area (Å²) in [5.74, 6) is 0.287. The van der Waals surface area contributed by atoms with Crippen LogP contribution in [0.4, 0.5) is 5.13 Å². The van der Waals surface area contributed by atoms with Gasteiger partial charge in [-0.15, -0.1) is 10.2 Å². The van der Waals surface area contributed by atoms with Crippen LogP contribution in [0.15, 0.2) is 0 Å². The van der Waals surface area contributed by atoms with E-state index in [9.17, 15) is 4.79 Å². The van der Waals surface area contributed by atoms with Crippen molar-refractivity contribution in [2.45, 2.75) is 26.8 Å². The minimum Gasteiger partial charge on any atom is -0.374 e. The van der Waals surface area contributed by atoms with E-state index in [2.05, 4.69) is 24.0 Å². The second kappa shape index (κ2) is 4.57. The number of rotatable bonds is 3. The molecule has 1 heterocycles. The number of hydrogen-bond acceptors (Lipinski definition) is 5. The number of carbonyl (C=O) groups is 1. The van der Waals surface area contributed by atoms with Gasteiger partial charge >= 0.3 is 0 Å². The maximum Gasteiger partial charge on any atom is 0.284 e. The van der Waals surface area contributed by atoms with Crippen molar-refractivity contribution in [1.29, 1.82) is 0 Å². The van der Waals surface area contributed by atoms with E-state index in [1.165, 1.54) is 0 Å². The lowest BCUT2D eigenvalue weighted by atomic mass is 10.1. The van der Waals surface area contributed by atoms with Gasteiger partial charge in [-0.1, -0.05) is 25.2 Å². The zero-order valence-electron chi connectivity index (χ0n) is 9.39. The van der Waals surface area contributed by atoms with Gasteiger partial charge in [-0.05, 0) is 12.8 Å². The minimum atomic E-state index is -0.120. The van der Waals surface area contributed by atoms with Crippen LogP contribution in [0.2, 0.25) is 0 Å². The monoisotopic (exact) mass is 228 g/mol.